The Hall–Kier alpha value is -0.380. The van der Waals surface area contributed by atoms with E-state index in [9.17, 15) is 0 Å². The Morgan fingerprint density at radius 2 is 2.25 bits per heavy atom. The van der Waals surface area contributed by atoms with Gasteiger partial charge in [-0.15, -0.1) is 0 Å². The molecule has 1 rings (SSSR count). The monoisotopic (exact) mass is 259 g/mol. The van der Waals surface area contributed by atoms with Gasteiger partial charge in [0.05, 0.1) is 6.61 Å². The highest BCUT2D eigenvalue weighted by atomic mass is 35.5. The SMILES string of the molecule is CSCCCOc1ccc(Cl)cc1C(C)N. The molecule has 2 N–H and O–H groups in total. The van der Waals surface area contributed by atoms with Gasteiger partial charge in [0.25, 0.3) is 0 Å². The largest absolute Gasteiger partial charge is 0.493 e. The maximum atomic E-state index is 5.93. The maximum Gasteiger partial charge on any atom is 0.124 e. The molecule has 0 aromatic heterocycles. The molecule has 0 bridgehead atoms. The van der Waals surface area contributed by atoms with Crippen molar-refractivity contribution >= 4 is 23.4 Å². The van der Waals surface area contributed by atoms with Gasteiger partial charge >= 0.3 is 0 Å². The van der Waals surface area contributed by atoms with Gasteiger partial charge in [-0.1, -0.05) is 11.6 Å². The van der Waals surface area contributed by atoms with Crippen molar-refractivity contribution in [3.63, 3.8) is 0 Å². The van der Waals surface area contributed by atoms with Gasteiger partial charge < -0.3 is 10.5 Å². The highest BCUT2D eigenvalue weighted by Crippen LogP contribution is 2.27. The molecule has 1 unspecified atom stereocenters. The van der Waals surface area contributed by atoms with Crippen molar-refractivity contribution in [2.24, 2.45) is 5.73 Å². The van der Waals surface area contributed by atoms with Crippen molar-refractivity contribution in [1.29, 1.82) is 0 Å². The van der Waals surface area contributed by atoms with Crippen LogP contribution in [0.2, 0.25) is 5.02 Å². The predicted molar refractivity (Wildman–Crippen MR) is 72.5 cm³/mol. The Labute approximate surface area is 107 Å². The van der Waals surface area contributed by atoms with Crippen LogP contribution in [-0.4, -0.2) is 18.6 Å². The minimum absolute atomic E-state index is 0.0609. The van der Waals surface area contributed by atoms with E-state index < -0.39 is 0 Å². The van der Waals surface area contributed by atoms with Crippen molar-refractivity contribution in [3.8, 4) is 5.75 Å². The fourth-order valence-corrected chi connectivity index (χ4v) is 1.98. The fraction of sp³-hybridized carbons (Fsp3) is 0.500. The van der Waals surface area contributed by atoms with Crippen LogP contribution in [0, 0.1) is 0 Å². The summed E-state index contributed by atoms with van der Waals surface area (Å²) in [4.78, 5) is 0. The topological polar surface area (TPSA) is 35.2 Å². The van der Waals surface area contributed by atoms with Gasteiger partial charge in [0.1, 0.15) is 5.75 Å². The lowest BCUT2D eigenvalue weighted by molar-refractivity contribution is 0.314. The molecule has 1 atom stereocenters. The minimum Gasteiger partial charge on any atom is -0.493 e. The van der Waals surface area contributed by atoms with E-state index in [1.54, 1.807) is 0 Å². The summed E-state index contributed by atoms with van der Waals surface area (Å²) in [6.07, 6.45) is 3.14. The molecule has 1 aromatic carbocycles. The number of hydrogen-bond donors (Lipinski definition) is 1. The van der Waals surface area contributed by atoms with E-state index in [4.69, 9.17) is 22.1 Å². The summed E-state index contributed by atoms with van der Waals surface area (Å²) in [5.74, 6) is 1.96. The molecule has 0 aliphatic carbocycles. The minimum atomic E-state index is -0.0609. The van der Waals surface area contributed by atoms with Gasteiger partial charge in [0, 0.05) is 16.6 Å². The zero-order valence-electron chi connectivity index (χ0n) is 9.70. The smallest absolute Gasteiger partial charge is 0.124 e. The number of nitrogens with two attached hydrogens (primary N) is 1. The van der Waals surface area contributed by atoms with Crippen LogP contribution in [0.15, 0.2) is 18.2 Å². The summed E-state index contributed by atoms with van der Waals surface area (Å²) < 4.78 is 5.70. The first-order valence-electron chi connectivity index (χ1n) is 5.32. The standard InChI is InChI=1S/C12H18ClNOS/c1-9(14)11-8-10(13)4-5-12(11)15-6-3-7-16-2/h4-5,8-9H,3,6-7,14H2,1-2H3. The average molecular weight is 260 g/mol. The third kappa shape index (κ3) is 4.24. The summed E-state index contributed by atoms with van der Waals surface area (Å²) in [6.45, 7) is 2.66. The van der Waals surface area contributed by atoms with Crippen molar-refractivity contribution in [3.05, 3.63) is 28.8 Å². The quantitative estimate of drug-likeness (QED) is 0.795. The molecule has 0 aliphatic heterocycles. The second kappa shape index (κ2) is 7.05. The summed E-state index contributed by atoms with van der Waals surface area (Å²) in [6, 6.07) is 5.53. The molecule has 16 heavy (non-hydrogen) atoms. The third-order valence-corrected chi connectivity index (χ3v) is 3.14. The summed E-state index contributed by atoms with van der Waals surface area (Å²) in [5.41, 5.74) is 6.84. The normalized spacial score (nSPS) is 12.5. The summed E-state index contributed by atoms with van der Waals surface area (Å²) >= 11 is 7.75. The van der Waals surface area contributed by atoms with Gasteiger partial charge in [0.15, 0.2) is 0 Å². The van der Waals surface area contributed by atoms with Crippen LogP contribution in [0.5, 0.6) is 5.75 Å². The molecule has 0 aliphatic rings. The van der Waals surface area contributed by atoms with Crippen molar-refractivity contribution in [2.75, 3.05) is 18.6 Å². The van der Waals surface area contributed by atoms with Crippen LogP contribution in [-0.2, 0) is 0 Å². The lowest BCUT2D eigenvalue weighted by Gasteiger charge is -2.14. The molecular formula is C12H18ClNOS. The van der Waals surface area contributed by atoms with Crippen LogP contribution in [0.3, 0.4) is 0 Å². The van der Waals surface area contributed by atoms with Crippen LogP contribution in [0.25, 0.3) is 0 Å². The van der Waals surface area contributed by atoms with E-state index >= 15 is 0 Å². The van der Waals surface area contributed by atoms with Gasteiger partial charge in [-0.2, -0.15) is 11.8 Å². The van der Waals surface area contributed by atoms with Gasteiger partial charge in [-0.05, 0) is 43.6 Å². The first kappa shape index (κ1) is 13.7. The molecule has 0 saturated heterocycles. The lowest BCUT2D eigenvalue weighted by Crippen LogP contribution is -2.09. The summed E-state index contributed by atoms with van der Waals surface area (Å²) in [5, 5.41) is 0.698. The molecular weight excluding hydrogens is 242 g/mol. The molecule has 0 radical (unpaired) electrons. The Kier molecular flexibility index (Phi) is 6.03. The van der Waals surface area contributed by atoms with Crippen LogP contribution in [0.4, 0.5) is 0 Å². The summed E-state index contributed by atoms with van der Waals surface area (Å²) in [7, 11) is 0. The average Bonchev–Trinajstić information content (AvgIpc) is 2.26. The first-order chi connectivity index (χ1) is 7.65. The molecule has 0 saturated carbocycles. The Morgan fingerprint density at radius 3 is 2.88 bits per heavy atom. The molecule has 0 spiro atoms. The number of hydrogen-bond acceptors (Lipinski definition) is 3. The molecule has 90 valence electrons. The lowest BCUT2D eigenvalue weighted by atomic mass is 10.1. The molecule has 1 aromatic rings. The van der Waals surface area contributed by atoms with Gasteiger partial charge in [0.2, 0.25) is 0 Å². The van der Waals surface area contributed by atoms with E-state index in [0.29, 0.717) is 5.02 Å². The second-order valence-corrected chi connectivity index (χ2v) is 5.09. The number of halogens is 1. The second-order valence-electron chi connectivity index (χ2n) is 3.67. The molecule has 0 amide bonds. The fourth-order valence-electron chi connectivity index (χ4n) is 1.39. The Bertz CT molecular complexity index is 331. The highest BCUT2D eigenvalue weighted by Gasteiger charge is 2.08. The molecule has 0 heterocycles. The molecule has 0 fully saturated rings. The van der Waals surface area contributed by atoms with E-state index in [0.717, 1.165) is 30.1 Å². The zero-order valence-corrected chi connectivity index (χ0v) is 11.3. The Morgan fingerprint density at radius 1 is 1.50 bits per heavy atom. The van der Waals surface area contributed by atoms with Gasteiger partial charge in [-0.25, -0.2) is 0 Å². The predicted octanol–water partition coefficient (Wildman–Crippen LogP) is 3.49. The number of benzene rings is 1. The van der Waals surface area contributed by atoms with E-state index in [1.165, 1.54) is 0 Å². The van der Waals surface area contributed by atoms with E-state index in [2.05, 4.69) is 6.26 Å². The number of rotatable bonds is 6. The zero-order chi connectivity index (χ0) is 12.0. The van der Waals surface area contributed by atoms with E-state index in [1.807, 2.05) is 36.9 Å². The van der Waals surface area contributed by atoms with Crippen LogP contribution in [0.1, 0.15) is 24.9 Å². The van der Waals surface area contributed by atoms with Crippen molar-refractivity contribution in [2.45, 2.75) is 19.4 Å². The number of ether oxygens (including phenoxy) is 1. The first-order valence-corrected chi connectivity index (χ1v) is 7.09. The number of thioether (sulfide) groups is 1. The van der Waals surface area contributed by atoms with Crippen LogP contribution >= 0.6 is 23.4 Å². The van der Waals surface area contributed by atoms with Crippen LogP contribution < -0.4 is 10.5 Å². The van der Waals surface area contributed by atoms with Crippen molar-refractivity contribution in [1.82, 2.24) is 0 Å². The third-order valence-electron chi connectivity index (χ3n) is 2.21. The molecule has 2 nitrogen and oxygen atoms in total. The van der Waals surface area contributed by atoms with Gasteiger partial charge in [-0.3, -0.25) is 0 Å². The Balaban J connectivity index is 2.64. The van der Waals surface area contributed by atoms with Crippen molar-refractivity contribution < 1.29 is 4.74 Å². The highest BCUT2D eigenvalue weighted by molar-refractivity contribution is 7.98. The van der Waals surface area contributed by atoms with E-state index in [-0.39, 0.29) is 6.04 Å². The molecule has 4 heteroatoms. The maximum absolute atomic E-state index is 5.93.